The quantitative estimate of drug-likeness (QED) is 0.791. The van der Waals surface area contributed by atoms with Crippen LogP contribution in [0.4, 0.5) is 5.82 Å². The van der Waals surface area contributed by atoms with Gasteiger partial charge in [-0.1, -0.05) is 0 Å². The molecular formula is C10H17BrN4O2S. The normalized spacial score (nSPS) is 12.5. The summed E-state index contributed by atoms with van der Waals surface area (Å²) in [6.45, 7) is 5.80. The van der Waals surface area contributed by atoms with Gasteiger partial charge in [0.05, 0.1) is 6.26 Å². The average molecular weight is 337 g/mol. The number of rotatable bonds is 5. The molecule has 1 rings (SSSR count). The van der Waals surface area contributed by atoms with Crippen molar-refractivity contribution in [3.05, 3.63) is 16.5 Å². The summed E-state index contributed by atoms with van der Waals surface area (Å²) in [5.74, 6) is 1.29. The number of sulfonamides is 1. The minimum atomic E-state index is -3.23. The topological polar surface area (TPSA) is 84.0 Å². The van der Waals surface area contributed by atoms with Crippen molar-refractivity contribution in [3.8, 4) is 0 Å². The summed E-state index contributed by atoms with van der Waals surface area (Å²) < 4.78 is 25.6. The molecule has 1 heterocycles. The predicted molar refractivity (Wildman–Crippen MR) is 75.0 cm³/mol. The third kappa shape index (κ3) is 5.74. The number of anilines is 1. The Bertz CT molecular complexity index is 510. The second kappa shape index (κ2) is 5.50. The molecule has 0 fully saturated rings. The molecule has 0 unspecified atom stereocenters. The number of aryl methyl sites for hydroxylation is 1. The van der Waals surface area contributed by atoms with Crippen LogP contribution in [0.2, 0.25) is 0 Å². The molecule has 0 aliphatic rings. The SMILES string of the molecule is Cc1nc(Br)cc(NCC(C)(C)NS(C)(=O)=O)n1. The number of nitrogens with one attached hydrogen (secondary N) is 2. The molecule has 0 saturated carbocycles. The second-order valence-corrected chi connectivity index (χ2v) is 7.30. The van der Waals surface area contributed by atoms with Gasteiger partial charge in [-0.3, -0.25) is 0 Å². The second-order valence-electron chi connectivity index (χ2n) is 4.73. The molecule has 8 heteroatoms. The highest BCUT2D eigenvalue weighted by atomic mass is 79.9. The lowest BCUT2D eigenvalue weighted by atomic mass is 10.1. The summed E-state index contributed by atoms with van der Waals surface area (Å²) in [5, 5.41) is 3.08. The summed E-state index contributed by atoms with van der Waals surface area (Å²) in [4.78, 5) is 8.30. The largest absolute Gasteiger partial charge is 0.368 e. The molecule has 0 atom stereocenters. The van der Waals surface area contributed by atoms with Crippen LogP contribution >= 0.6 is 15.9 Å². The predicted octanol–water partition coefficient (Wildman–Crippen LogP) is 1.29. The standard InChI is InChI=1S/C10H17BrN4O2S/c1-7-13-8(11)5-9(14-7)12-6-10(2,3)15-18(4,16)17/h5,15H,6H2,1-4H3,(H,12,13,14). The molecule has 0 saturated heterocycles. The van der Waals surface area contributed by atoms with E-state index >= 15 is 0 Å². The number of hydrogen-bond acceptors (Lipinski definition) is 5. The maximum atomic E-state index is 11.2. The number of aromatic nitrogens is 2. The van der Waals surface area contributed by atoms with Gasteiger partial charge in [0.15, 0.2) is 0 Å². The van der Waals surface area contributed by atoms with Crippen LogP contribution in [0.1, 0.15) is 19.7 Å². The van der Waals surface area contributed by atoms with Crippen LogP contribution in [-0.2, 0) is 10.0 Å². The van der Waals surface area contributed by atoms with E-state index < -0.39 is 15.6 Å². The van der Waals surface area contributed by atoms with Crippen molar-refractivity contribution in [2.24, 2.45) is 0 Å². The zero-order chi connectivity index (χ0) is 14.0. The number of halogens is 1. The molecule has 6 nitrogen and oxygen atoms in total. The highest BCUT2D eigenvalue weighted by Crippen LogP contribution is 2.13. The Kier molecular flexibility index (Phi) is 4.68. The van der Waals surface area contributed by atoms with Crippen LogP contribution in [0.5, 0.6) is 0 Å². The first-order valence-electron chi connectivity index (χ1n) is 5.31. The minimum absolute atomic E-state index is 0.420. The Morgan fingerprint density at radius 1 is 1.39 bits per heavy atom. The molecule has 102 valence electrons. The Morgan fingerprint density at radius 3 is 2.50 bits per heavy atom. The van der Waals surface area contributed by atoms with Gasteiger partial charge in [0.25, 0.3) is 0 Å². The number of nitrogens with zero attached hydrogens (tertiary/aromatic N) is 2. The molecule has 1 aromatic rings. The van der Waals surface area contributed by atoms with E-state index in [0.29, 0.717) is 22.8 Å². The smallest absolute Gasteiger partial charge is 0.209 e. The zero-order valence-corrected chi connectivity index (χ0v) is 13.2. The van der Waals surface area contributed by atoms with E-state index in [1.807, 2.05) is 0 Å². The highest BCUT2D eigenvalue weighted by molar-refractivity contribution is 9.10. The maximum absolute atomic E-state index is 11.2. The maximum Gasteiger partial charge on any atom is 0.209 e. The Morgan fingerprint density at radius 2 is 2.00 bits per heavy atom. The first-order valence-corrected chi connectivity index (χ1v) is 8.00. The third-order valence-corrected chi connectivity index (χ3v) is 3.31. The Hall–Kier alpha value is -0.730. The molecule has 0 radical (unpaired) electrons. The van der Waals surface area contributed by atoms with Crippen molar-refractivity contribution in [2.75, 3.05) is 18.1 Å². The molecule has 0 amide bonds. The van der Waals surface area contributed by atoms with E-state index in [-0.39, 0.29) is 0 Å². The van der Waals surface area contributed by atoms with Gasteiger partial charge in [-0.05, 0) is 36.7 Å². The van der Waals surface area contributed by atoms with Crippen molar-refractivity contribution in [1.29, 1.82) is 0 Å². The van der Waals surface area contributed by atoms with Gasteiger partial charge in [0, 0.05) is 18.2 Å². The fourth-order valence-corrected chi connectivity index (χ4v) is 3.02. The molecule has 0 bridgehead atoms. The van der Waals surface area contributed by atoms with Crippen LogP contribution in [0, 0.1) is 6.92 Å². The lowest BCUT2D eigenvalue weighted by Crippen LogP contribution is -2.47. The molecule has 0 aliphatic heterocycles. The molecule has 0 spiro atoms. The van der Waals surface area contributed by atoms with Gasteiger partial charge < -0.3 is 5.32 Å². The summed E-state index contributed by atoms with van der Waals surface area (Å²) in [5.41, 5.74) is -0.598. The van der Waals surface area contributed by atoms with Crippen LogP contribution in [0.25, 0.3) is 0 Å². The molecule has 2 N–H and O–H groups in total. The lowest BCUT2D eigenvalue weighted by molar-refractivity contribution is 0.476. The van der Waals surface area contributed by atoms with E-state index in [2.05, 4.69) is 35.9 Å². The van der Waals surface area contributed by atoms with Gasteiger partial charge in [-0.15, -0.1) is 0 Å². The highest BCUT2D eigenvalue weighted by Gasteiger charge is 2.21. The van der Waals surface area contributed by atoms with Crippen molar-refractivity contribution in [3.63, 3.8) is 0 Å². The fourth-order valence-electron chi connectivity index (χ4n) is 1.47. The molecule has 1 aromatic heterocycles. The van der Waals surface area contributed by atoms with Crippen LogP contribution < -0.4 is 10.0 Å². The minimum Gasteiger partial charge on any atom is -0.368 e. The molecule has 0 aliphatic carbocycles. The fraction of sp³-hybridized carbons (Fsp3) is 0.600. The third-order valence-electron chi connectivity index (χ3n) is 1.98. The lowest BCUT2D eigenvalue weighted by Gasteiger charge is -2.25. The summed E-state index contributed by atoms with van der Waals surface area (Å²) in [7, 11) is -3.23. The summed E-state index contributed by atoms with van der Waals surface area (Å²) in [6.07, 6.45) is 1.14. The molecule has 18 heavy (non-hydrogen) atoms. The van der Waals surface area contributed by atoms with E-state index in [4.69, 9.17) is 0 Å². The Labute approximate surface area is 116 Å². The van der Waals surface area contributed by atoms with Gasteiger partial charge in [0.2, 0.25) is 10.0 Å². The van der Waals surface area contributed by atoms with E-state index in [9.17, 15) is 8.42 Å². The summed E-state index contributed by atoms with van der Waals surface area (Å²) in [6, 6.07) is 1.74. The van der Waals surface area contributed by atoms with Gasteiger partial charge in [-0.25, -0.2) is 23.1 Å². The molecule has 0 aromatic carbocycles. The zero-order valence-electron chi connectivity index (χ0n) is 10.8. The van der Waals surface area contributed by atoms with Crippen LogP contribution in [-0.4, -0.2) is 36.7 Å². The summed E-state index contributed by atoms with van der Waals surface area (Å²) >= 11 is 3.28. The number of hydrogen-bond donors (Lipinski definition) is 2. The van der Waals surface area contributed by atoms with Crippen molar-refractivity contribution < 1.29 is 8.42 Å². The van der Waals surface area contributed by atoms with Crippen molar-refractivity contribution >= 4 is 31.8 Å². The first-order chi connectivity index (χ1) is 8.07. The van der Waals surface area contributed by atoms with E-state index in [1.165, 1.54) is 0 Å². The van der Waals surface area contributed by atoms with Crippen molar-refractivity contribution in [1.82, 2.24) is 14.7 Å². The van der Waals surface area contributed by atoms with E-state index in [0.717, 1.165) is 6.26 Å². The Balaban J connectivity index is 2.69. The first kappa shape index (κ1) is 15.3. The van der Waals surface area contributed by atoms with Crippen LogP contribution in [0.15, 0.2) is 10.7 Å². The van der Waals surface area contributed by atoms with Gasteiger partial charge >= 0.3 is 0 Å². The van der Waals surface area contributed by atoms with Gasteiger partial charge in [0.1, 0.15) is 16.2 Å². The molecular weight excluding hydrogens is 320 g/mol. The average Bonchev–Trinajstić information content (AvgIpc) is 2.09. The van der Waals surface area contributed by atoms with Gasteiger partial charge in [-0.2, -0.15) is 0 Å². The monoisotopic (exact) mass is 336 g/mol. The van der Waals surface area contributed by atoms with Crippen molar-refractivity contribution in [2.45, 2.75) is 26.3 Å². The van der Waals surface area contributed by atoms with Crippen LogP contribution in [0.3, 0.4) is 0 Å². The van der Waals surface area contributed by atoms with E-state index in [1.54, 1.807) is 26.8 Å².